The van der Waals surface area contributed by atoms with Gasteiger partial charge in [0.05, 0.1) is 17.8 Å². The van der Waals surface area contributed by atoms with E-state index < -0.39 is 5.56 Å². The summed E-state index contributed by atoms with van der Waals surface area (Å²) in [5.74, 6) is -0.998. The van der Waals surface area contributed by atoms with E-state index in [1.807, 2.05) is 6.92 Å². The molecule has 1 aliphatic rings. The lowest BCUT2D eigenvalue weighted by Crippen LogP contribution is -2.39. The molecule has 2 aromatic heterocycles. The van der Waals surface area contributed by atoms with Crippen molar-refractivity contribution >= 4 is 16.8 Å². The number of carbonyl (C=O) groups excluding carboxylic acids is 1. The van der Waals surface area contributed by atoms with E-state index >= 15 is 0 Å². The van der Waals surface area contributed by atoms with Crippen molar-refractivity contribution in [2.75, 3.05) is 13.6 Å². The normalized spacial score (nSPS) is 16.8. The van der Waals surface area contributed by atoms with E-state index in [4.69, 9.17) is 0 Å². The Hall–Kier alpha value is -3.16. The van der Waals surface area contributed by atoms with E-state index in [0.29, 0.717) is 23.3 Å². The number of halogens is 1. The predicted octanol–water partition coefficient (Wildman–Crippen LogP) is 2.05. The van der Waals surface area contributed by atoms with Crippen LogP contribution < -0.4 is 5.56 Å². The molecular weight excluding hydrogens is 351 g/mol. The first-order valence-electron chi connectivity index (χ1n) is 8.64. The van der Waals surface area contributed by atoms with Crippen molar-refractivity contribution in [2.24, 2.45) is 0 Å². The molecule has 3 aromatic rings. The zero-order chi connectivity index (χ0) is 19.5. The van der Waals surface area contributed by atoms with Crippen LogP contribution >= 0.6 is 0 Å². The third kappa shape index (κ3) is 2.51. The summed E-state index contributed by atoms with van der Waals surface area (Å²) in [5, 5.41) is 15.2. The van der Waals surface area contributed by atoms with E-state index in [1.165, 1.54) is 21.7 Å². The number of nitrogens with zero attached hydrogens (tertiary/aromatic N) is 4. The zero-order valence-electron chi connectivity index (χ0n) is 15.2. The Morgan fingerprint density at radius 3 is 2.59 bits per heavy atom. The summed E-state index contributed by atoms with van der Waals surface area (Å²) in [7, 11) is 1.66. The molecule has 1 N–H and O–H groups in total. The van der Waals surface area contributed by atoms with Crippen LogP contribution in [0.1, 0.15) is 34.7 Å². The number of hydrogen-bond acceptors (Lipinski definition) is 4. The summed E-state index contributed by atoms with van der Waals surface area (Å²) in [6.07, 6.45) is 0. The van der Waals surface area contributed by atoms with Crippen molar-refractivity contribution in [1.82, 2.24) is 19.2 Å². The number of benzene rings is 1. The Labute approximate surface area is 154 Å². The maximum absolute atomic E-state index is 13.1. The molecule has 0 aliphatic carbocycles. The van der Waals surface area contributed by atoms with Crippen LogP contribution in [0.4, 0.5) is 4.39 Å². The number of rotatable bonds is 2. The molecule has 0 fully saturated rings. The van der Waals surface area contributed by atoms with Crippen LogP contribution in [0.5, 0.6) is 5.75 Å². The molecule has 1 aliphatic heterocycles. The number of aromatic hydroxyl groups is 1. The van der Waals surface area contributed by atoms with Crippen molar-refractivity contribution in [2.45, 2.75) is 26.4 Å². The molecule has 1 amide bonds. The summed E-state index contributed by atoms with van der Waals surface area (Å²) in [6, 6.07) is 5.69. The molecule has 0 saturated carbocycles. The maximum Gasteiger partial charge on any atom is 0.280 e. The molecule has 27 heavy (non-hydrogen) atoms. The number of likely N-dealkylation sites (N-methyl/N-ethyl adjacent to an activating group) is 1. The lowest BCUT2D eigenvalue weighted by molar-refractivity contribution is 0.0723. The summed E-state index contributed by atoms with van der Waals surface area (Å²) in [5.41, 5.74) is 1.36. The molecule has 7 nitrogen and oxygen atoms in total. The molecule has 140 valence electrons. The van der Waals surface area contributed by atoms with E-state index in [9.17, 15) is 19.1 Å². The number of carbonyl (C=O) groups is 1. The molecular formula is C19H19FN4O3. The fourth-order valence-corrected chi connectivity index (χ4v) is 3.79. The molecule has 3 heterocycles. The van der Waals surface area contributed by atoms with Crippen LogP contribution in [0.15, 0.2) is 29.1 Å². The highest BCUT2D eigenvalue weighted by molar-refractivity contribution is 6.04. The number of aryl methyl sites for hydroxylation is 1. The Bertz CT molecular complexity index is 1130. The van der Waals surface area contributed by atoms with Gasteiger partial charge in [-0.05, 0) is 31.5 Å². The van der Waals surface area contributed by atoms with E-state index in [2.05, 4.69) is 5.10 Å². The predicted molar refractivity (Wildman–Crippen MR) is 97.6 cm³/mol. The first-order valence-corrected chi connectivity index (χ1v) is 8.64. The molecule has 0 spiro atoms. The van der Waals surface area contributed by atoms with Crippen molar-refractivity contribution < 1.29 is 14.3 Å². The van der Waals surface area contributed by atoms with Crippen LogP contribution in [0.2, 0.25) is 0 Å². The highest BCUT2D eigenvalue weighted by Crippen LogP contribution is 2.37. The van der Waals surface area contributed by atoms with Crippen molar-refractivity contribution in [1.29, 1.82) is 0 Å². The van der Waals surface area contributed by atoms with Gasteiger partial charge >= 0.3 is 0 Å². The second-order valence-corrected chi connectivity index (χ2v) is 7.00. The van der Waals surface area contributed by atoms with Gasteiger partial charge in [0, 0.05) is 19.6 Å². The second-order valence-electron chi connectivity index (χ2n) is 7.00. The topological polar surface area (TPSA) is 80.4 Å². The smallest absolute Gasteiger partial charge is 0.280 e. The molecule has 0 saturated heterocycles. The van der Waals surface area contributed by atoms with Gasteiger partial charge < -0.3 is 14.6 Å². The molecule has 4 rings (SSSR count). The van der Waals surface area contributed by atoms with Gasteiger partial charge in [-0.15, -0.1) is 0 Å². The van der Waals surface area contributed by atoms with Gasteiger partial charge in [0.1, 0.15) is 11.2 Å². The van der Waals surface area contributed by atoms with Gasteiger partial charge in [-0.2, -0.15) is 5.10 Å². The van der Waals surface area contributed by atoms with Crippen LogP contribution in [-0.2, 0) is 6.54 Å². The molecule has 1 aromatic carbocycles. The third-order valence-electron chi connectivity index (χ3n) is 5.02. The van der Waals surface area contributed by atoms with Crippen molar-refractivity contribution in [3.05, 3.63) is 57.4 Å². The quantitative estimate of drug-likeness (QED) is 0.749. The SMILES string of the molecule is Cc1nn(Cc2ccc(F)cc2)c(=O)c2c(O)c3n(c12)[C@@H](C)CN(C)C3=O. The standard InChI is InChI=1S/C19H19FN4O3/c1-10-8-22(3)19(27)16-17(25)14-15(24(10)16)11(2)21-23(18(14)26)9-12-4-6-13(20)7-5-12/h4-7,10,25H,8-9H2,1-3H3/t10-/m0/s1. The van der Waals surface area contributed by atoms with E-state index in [1.54, 1.807) is 30.7 Å². The Morgan fingerprint density at radius 1 is 1.26 bits per heavy atom. The van der Waals surface area contributed by atoms with Gasteiger partial charge in [-0.1, -0.05) is 12.1 Å². The minimum atomic E-state index is -0.484. The highest BCUT2D eigenvalue weighted by Gasteiger charge is 2.35. The summed E-state index contributed by atoms with van der Waals surface area (Å²) in [6.45, 7) is 4.28. The molecule has 8 heteroatoms. The third-order valence-corrected chi connectivity index (χ3v) is 5.02. The highest BCUT2D eigenvalue weighted by atomic mass is 19.1. The van der Waals surface area contributed by atoms with Crippen LogP contribution in [0, 0.1) is 12.7 Å². The van der Waals surface area contributed by atoms with Gasteiger partial charge in [-0.25, -0.2) is 9.07 Å². The Morgan fingerprint density at radius 2 is 1.93 bits per heavy atom. The van der Waals surface area contributed by atoms with Gasteiger partial charge in [0.25, 0.3) is 11.5 Å². The number of hydrogen-bond donors (Lipinski definition) is 1. The summed E-state index contributed by atoms with van der Waals surface area (Å²) < 4.78 is 16.0. The molecule has 1 atom stereocenters. The summed E-state index contributed by atoms with van der Waals surface area (Å²) in [4.78, 5) is 27.1. The first kappa shape index (κ1) is 17.3. The van der Waals surface area contributed by atoms with Gasteiger partial charge in [0.2, 0.25) is 0 Å². The molecule has 0 unspecified atom stereocenters. The minimum Gasteiger partial charge on any atom is -0.505 e. The average molecular weight is 370 g/mol. The van der Waals surface area contributed by atoms with E-state index in [-0.39, 0.29) is 41.1 Å². The van der Waals surface area contributed by atoms with Crippen LogP contribution in [0.3, 0.4) is 0 Å². The second kappa shape index (κ2) is 5.94. The van der Waals surface area contributed by atoms with Gasteiger partial charge in [0.15, 0.2) is 11.4 Å². The van der Waals surface area contributed by atoms with Crippen LogP contribution in [-0.4, -0.2) is 43.9 Å². The first-order chi connectivity index (χ1) is 12.8. The van der Waals surface area contributed by atoms with Gasteiger partial charge in [-0.3, -0.25) is 9.59 Å². The maximum atomic E-state index is 13.1. The lowest BCUT2D eigenvalue weighted by Gasteiger charge is -2.30. The molecule has 0 bridgehead atoms. The fourth-order valence-electron chi connectivity index (χ4n) is 3.79. The monoisotopic (exact) mass is 370 g/mol. The average Bonchev–Trinajstić information content (AvgIpc) is 2.94. The Kier molecular flexibility index (Phi) is 3.80. The molecule has 0 radical (unpaired) electrons. The Balaban J connectivity index is 1.95. The summed E-state index contributed by atoms with van der Waals surface area (Å²) >= 11 is 0. The van der Waals surface area contributed by atoms with E-state index in [0.717, 1.165) is 0 Å². The zero-order valence-corrected chi connectivity index (χ0v) is 15.2. The van der Waals surface area contributed by atoms with Crippen molar-refractivity contribution in [3.63, 3.8) is 0 Å². The minimum absolute atomic E-state index is 0.0927. The largest absolute Gasteiger partial charge is 0.505 e. The number of aromatic nitrogens is 3. The fraction of sp³-hybridized carbons (Fsp3) is 0.316. The van der Waals surface area contributed by atoms with Crippen molar-refractivity contribution in [3.8, 4) is 5.75 Å². The number of fused-ring (bicyclic) bond motifs is 3. The number of amides is 1. The lowest BCUT2D eigenvalue weighted by atomic mass is 10.2. The van der Waals surface area contributed by atoms with Crippen LogP contribution in [0.25, 0.3) is 10.9 Å².